The van der Waals surface area contributed by atoms with Crippen molar-refractivity contribution in [3.05, 3.63) is 12.7 Å². The molecule has 0 aromatic carbocycles. The lowest BCUT2D eigenvalue weighted by atomic mass is 9.98. The predicted molar refractivity (Wildman–Crippen MR) is 122 cm³/mol. The lowest BCUT2D eigenvalue weighted by molar-refractivity contribution is -0.137. The first-order chi connectivity index (χ1) is 15.0. The number of ketones is 1. The van der Waals surface area contributed by atoms with Crippen molar-refractivity contribution in [3.63, 3.8) is 0 Å². The van der Waals surface area contributed by atoms with Gasteiger partial charge in [0, 0.05) is 12.8 Å². The Kier molecular flexibility index (Phi) is 11.0. The molecule has 0 amide bonds. The van der Waals surface area contributed by atoms with E-state index in [2.05, 4.69) is 21.9 Å². The molecule has 172 valence electrons. The van der Waals surface area contributed by atoms with Gasteiger partial charge in [-0.3, -0.25) is 9.59 Å². The van der Waals surface area contributed by atoms with Gasteiger partial charge in [-0.25, -0.2) is 15.0 Å². The van der Waals surface area contributed by atoms with Crippen LogP contribution in [0, 0.1) is 0 Å². The SMILES string of the molecule is CCCCCCCCCC(C(=O)CCCCCCC(=O)O)n1cnc2c(N)ncnc21. The summed E-state index contributed by atoms with van der Waals surface area (Å²) in [4.78, 5) is 36.4. The zero-order valence-electron chi connectivity index (χ0n) is 18.8. The van der Waals surface area contributed by atoms with E-state index in [0.29, 0.717) is 29.8 Å². The second-order valence-corrected chi connectivity index (χ2v) is 8.28. The third kappa shape index (κ3) is 8.26. The number of nitrogen functional groups attached to an aromatic ring is 1. The number of anilines is 1. The van der Waals surface area contributed by atoms with E-state index in [0.717, 1.165) is 38.5 Å². The van der Waals surface area contributed by atoms with Gasteiger partial charge in [0.15, 0.2) is 17.2 Å². The monoisotopic (exact) mass is 431 g/mol. The molecule has 2 rings (SSSR count). The van der Waals surface area contributed by atoms with Gasteiger partial charge in [0.2, 0.25) is 0 Å². The minimum atomic E-state index is -0.765. The molecule has 0 saturated carbocycles. The van der Waals surface area contributed by atoms with E-state index in [4.69, 9.17) is 10.8 Å². The van der Waals surface area contributed by atoms with E-state index in [1.807, 2.05) is 4.57 Å². The van der Waals surface area contributed by atoms with Crippen LogP contribution < -0.4 is 5.73 Å². The van der Waals surface area contributed by atoms with Crippen LogP contribution in [0.4, 0.5) is 5.82 Å². The number of unbranched alkanes of at least 4 members (excludes halogenated alkanes) is 9. The summed E-state index contributed by atoms with van der Waals surface area (Å²) in [5.74, 6) is -0.260. The second-order valence-electron chi connectivity index (χ2n) is 8.28. The molecule has 0 aliphatic rings. The van der Waals surface area contributed by atoms with Gasteiger partial charge in [-0.15, -0.1) is 0 Å². The van der Waals surface area contributed by atoms with Gasteiger partial charge in [0.05, 0.1) is 12.4 Å². The minimum Gasteiger partial charge on any atom is -0.481 e. The number of aliphatic carboxylic acids is 1. The molecule has 1 atom stereocenters. The third-order valence-electron chi connectivity index (χ3n) is 5.74. The normalized spacial score (nSPS) is 12.3. The molecule has 0 bridgehead atoms. The summed E-state index contributed by atoms with van der Waals surface area (Å²) in [6, 6.07) is -0.297. The van der Waals surface area contributed by atoms with Crippen molar-refractivity contribution < 1.29 is 14.7 Å². The molecule has 0 aliphatic carbocycles. The van der Waals surface area contributed by atoms with Crippen LogP contribution in [0.3, 0.4) is 0 Å². The topological polar surface area (TPSA) is 124 Å². The van der Waals surface area contributed by atoms with Crippen molar-refractivity contribution in [2.45, 2.75) is 103 Å². The van der Waals surface area contributed by atoms with Gasteiger partial charge in [0.25, 0.3) is 0 Å². The summed E-state index contributed by atoms with van der Waals surface area (Å²) in [7, 11) is 0. The minimum absolute atomic E-state index is 0.181. The molecular weight excluding hydrogens is 394 g/mol. The second kappa shape index (κ2) is 13.7. The summed E-state index contributed by atoms with van der Waals surface area (Å²) >= 11 is 0. The molecule has 1 unspecified atom stereocenters. The molecule has 8 nitrogen and oxygen atoms in total. The number of fused-ring (bicyclic) bond motifs is 1. The zero-order chi connectivity index (χ0) is 22.5. The number of nitrogens with two attached hydrogens (primary N) is 1. The number of carbonyl (C=O) groups excluding carboxylic acids is 1. The summed E-state index contributed by atoms with van der Waals surface area (Å²) in [5.41, 5.74) is 7.06. The Morgan fingerprint density at radius 1 is 0.935 bits per heavy atom. The van der Waals surface area contributed by atoms with Crippen molar-refractivity contribution in [1.82, 2.24) is 19.5 Å². The molecule has 31 heavy (non-hydrogen) atoms. The number of imidazole rings is 1. The number of hydrogen-bond donors (Lipinski definition) is 2. The Morgan fingerprint density at radius 2 is 1.58 bits per heavy atom. The van der Waals surface area contributed by atoms with Crippen LogP contribution in [0.2, 0.25) is 0 Å². The largest absolute Gasteiger partial charge is 0.481 e. The molecule has 0 fully saturated rings. The summed E-state index contributed by atoms with van der Waals surface area (Å²) in [6.07, 6.45) is 16.0. The lowest BCUT2D eigenvalue weighted by Gasteiger charge is -2.18. The fourth-order valence-corrected chi connectivity index (χ4v) is 3.94. The van der Waals surface area contributed by atoms with Crippen LogP contribution in [-0.4, -0.2) is 36.4 Å². The number of carboxylic acids is 1. The molecular formula is C23H37N5O3. The highest BCUT2D eigenvalue weighted by Crippen LogP contribution is 2.26. The first-order valence-corrected chi connectivity index (χ1v) is 11.7. The summed E-state index contributed by atoms with van der Waals surface area (Å²) in [6.45, 7) is 2.22. The Hall–Kier alpha value is -2.51. The van der Waals surface area contributed by atoms with Gasteiger partial charge in [-0.1, -0.05) is 64.7 Å². The zero-order valence-corrected chi connectivity index (χ0v) is 18.8. The van der Waals surface area contributed by atoms with Crippen molar-refractivity contribution in [2.75, 3.05) is 5.73 Å². The fraction of sp³-hybridized carbons (Fsp3) is 0.696. The van der Waals surface area contributed by atoms with Crippen LogP contribution in [-0.2, 0) is 9.59 Å². The lowest BCUT2D eigenvalue weighted by Crippen LogP contribution is -2.19. The molecule has 2 aromatic heterocycles. The van der Waals surface area contributed by atoms with Crippen LogP contribution in [0.5, 0.6) is 0 Å². The van der Waals surface area contributed by atoms with Gasteiger partial charge in [-0.2, -0.15) is 0 Å². The maximum Gasteiger partial charge on any atom is 0.303 e. The number of hydrogen-bond acceptors (Lipinski definition) is 6. The Morgan fingerprint density at radius 3 is 2.29 bits per heavy atom. The van der Waals surface area contributed by atoms with E-state index in [1.165, 1.54) is 38.4 Å². The van der Waals surface area contributed by atoms with Crippen molar-refractivity contribution in [2.24, 2.45) is 0 Å². The first kappa shape index (κ1) is 24.8. The molecule has 2 heterocycles. The number of carbonyl (C=O) groups is 2. The van der Waals surface area contributed by atoms with E-state index in [9.17, 15) is 9.59 Å². The smallest absolute Gasteiger partial charge is 0.303 e. The van der Waals surface area contributed by atoms with Crippen molar-refractivity contribution in [1.29, 1.82) is 0 Å². The molecule has 0 saturated heterocycles. The standard InChI is InChI=1S/C23H37N5O3/c1-2-3-4-5-6-7-10-13-18(19(29)14-11-8-9-12-15-20(30)31)28-17-27-21-22(24)25-16-26-23(21)28/h16-18H,2-15H2,1H3,(H,30,31)(H2,24,25,26). The number of nitrogens with zero attached hydrogens (tertiary/aromatic N) is 4. The Balaban J connectivity index is 1.94. The molecule has 0 radical (unpaired) electrons. The van der Waals surface area contributed by atoms with Crippen LogP contribution in [0.1, 0.15) is 103 Å². The first-order valence-electron chi connectivity index (χ1n) is 11.7. The molecule has 3 N–H and O–H groups in total. The van der Waals surface area contributed by atoms with Crippen molar-refractivity contribution >= 4 is 28.7 Å². The van der Waals surface area contributed by atoms with E-state index in [1.54, 1.807) is 6.33 Å². The average Bonchev–Trinajstić information content (AvgIpc) is 3.17. The molecule has 0 spiro atoms. The summed E-state index contributed by atoms with van der Waals surface area (Å²) < 4.78 is 1.86. The van der Waals surface area contributed by atoms with Crippen LogP contribution in [0.25, 0.3) is 11.2 Å². The molecule has 0 aliphatic heterocycles. The quantitative estimate of drug-likeness (QED) is 0.334. The predicted octanol–water partition coefficient (Wildman–Crippen LogP) is 5.08. The highest BCUT2D eigenvalue weighted by molar-refractivity contribution is 5.86. The maximum absolute atomic E-state index is 13.1. The molecule has 2 aromatic rings. The highest BCUT2D eigenvalue weighted by atomic mass is 16.4. The van der Waals surface area contributed by atoms with Crippen LogP contribution >= 0.6 is 0 Å². The van der Waals surface area contributed by atoms with Crippen LogP contribution in [0.15, 0.2) is 12.7 Å². The van der Waals surface area contributed by atoms with E-state index < -0.39 is 5.97 Å². The highest BCUT2D eigenvalue weighted by Gasteiger charge is 2.23. The van der Waals surface area contributed by atoms with E-state index in [-0.39, 0.29) is 18.2 Å². The fourth-order valence-electron chi connectivity index (χ4n) is 3.94. The number of Topliss-reactive ketones (excluding diaryl/α,β-unsaturated/α-hetero) is 1. The van der Waals surface area contributed by atoms with Gasteiger partial charge >= 0.3 is 5.97 Å². The number of carboxylic acid groups (broad SMARTS) is 1. The number of rotatable bonds is 17. The Bertz CT molecular complexity index is 821. The van der Waals surface area contributed by atoms with Gasteiger partial charge < -0.3 is 15.4 Å². The third-order valence-corrected chi connectivity index (χ3v) is 5.74. The maximum atomic E-state index is 13.1. The van der Waals surface area contributed by atoms with Gasteiger partial charge in [-0.05, 0) is 19.3 Å². The van der Waals surface area contributed by atoms with Crippen molar-refractivity contribution in [3.8, 4) is 0 Å². The van der Waals surface area contributed by atoms with Gasteiger partial charge in [0.1, 0.15) is 11.8 Å². The molecule has 8 heteroatoms. The van der Waals surface area contributed by atoms with E-state index >= 15 is 0 Å². The average molecular weight is 432 g/mol. The Labute approximate surface area is 184 Å². The summed E-state index contributed by atoms with van der Waals surface area (Å²) in [5, 5.41) is 8.72. The number of aromatic nitrogens is 4.